The molecule has 1 aliphatic rings. The van der Waals surface area contributed by atoms with Crippen molar-refractivity contribution in [1.82, 2.24) is 15.7 Å². The van der Waals surface area contributed by atoms with Crippen molar-refractivity contribution >= 4 is 29.0 Å². The highest BCUT2D eigenvalue weighted by Crippen LogP contribution is 2.40. The Morgan fingerprint density at radius 3 is 2.18 bits per heavy atom. The number of carboxylic acid groups (broad SMARTS) is 2. The lowest BCUT2D eigenvalue weighted by Crippen LogP contribution is -2.45. The van der Waals surface area contributed by atoms with E-state index in [-0.39, 0.29) is 5.17 Å². The molecule has 2 unspecified atom stereocenters. The molecule has 2 rings (SSSR count). The first-order chi connectivity index (χ1) is 16.4. The molecule has 2 atom stereocenters. The second-order valence-corrected chi connectivity index (χ2v) is 10.0. The molecule has 0 radical (unpaired) electrons. The Kier molecular flexibility index (Phi) is 12.2. The molecule has 34 heavy (non-hydrogen) atoms. The Labute approximate surface area is 207 Å². The number of unbranched alkanes of at least 4 members (excludes halogenated alkanes) is 9. The Morgan fingerprint density at radius 2 is 1.59 bits per heavy atom. The minimum Gasteiger partial charge on any atom is -0.481 e. The molecule has 190 valence electrons. The van der Waals surface area contributed by atoms with Crippen LogP contribution in [0.1, 0.15) is 94.4 Å². The molecule has 1 heterocycles. The van der Waals surface area contributed by atoms with Gasteiger partial charge in [-0.2, -0.15) is 5.01 Å². The summed E-state index contributed by atoms with van der Waals surface area (Å²) >= 11 is 1.16. The van der Waals surface area contributed by atoms with Gasteiger partial charge in [-0.3, -0.25) is 4.79 Å². The zero-order valence-electron chi connectivity index (χ0n) is 20.7. The summed E-state index contributed by atoms with van der Waals surface area (Å²) in [6.45, 7) is 3.90. The minimum atomic E-state index is -1.18. The van der Waals surface area contributed by atoms with Crippen molar-refractivity contribution in [2.75, 3.05) is 7.05 Å². The quantitative estimate of drug-likeness (QED) is 0.248. The normalized spacial score (nSPS) is 15.6. The fourth-order valence-electron chi connectivity index (χ4n) is 4.14. The van der Waals surface area contributed by atoms with E-state index in [9.17, 15) is 19.8 Å². The molecule has 0 saturated carbocycles. The van der Waals surface area contributed by atoms with Crippen molar-refractivity contribution in [3.8, 4) is 0 Å². The van der Waals surface area contributed by atoms with Crippen molar-refractivity contribution < 1.29 is 19.8 Å². The summed E-state index contributed by atoms with van der Waals surface area (Å²) < 4.78 is 0. The monoisotopic (exact) mass is 492 g/mol. The lowest BCUT2D eigenvalue weighted by atomic mass is 9.93. The highest BCUT2D eigenvalue weighted by molar-refractivity contribution is 8.14. The van der Waals surface area contributed by atoms with Crippen LogP contribution in [0, 0.1) is 5.92 Å². The van der Waals surface area contributed by atoms with Crippen LogP contribution in [0.3, 0.4) is 0 Å². The molecule has 0 saturated heterocycles. The van der Waals surface area contributed by atoms with Crippen LogP contribution in [-0.4, -0.2) is 44.6 Å². The summed E-state index contributed by atoms with van der Waals surface area (Å²) in [7, 11) is 1.54. The third-order valence-electron chi connectivity index (χ3n) is 6.19. The minimum absolute atomic E-state index is 0.210. The molecular weight excluding hydrogens is 452 g/mol. The Hall–Kier alpha value is -2.26. The van der Waals surface area contributed by atoms with Crippen LogP contribution in [0.2, 0.25) is 0 Å². The number of carbonyl (C=O) groups is 2. The lowest BCUT2D eigenvalue weighted by Gasteiger charge is -2.26. The molecule has 0 aromatic heterocycles. The zero-order chi connectivity index (χ0) is 24.9. The fraction of sp³-hybridized carbons (Fsp3) is 0.640. The number of aryl methyl sites for hydroxylation is 1. The van der Waals surface area contributed by atoms with Crippen LogP contribution in [0.25, 0.3) is 0 Å². The highest BCUT2D eigenvalue weighted by atomic mass is 32.2. The van der Waals surface area contributed by atoms with Gasteiger partial charge in [0, 0.05) is 7.05 Å². The van der Waals surface area contributed by atoms with Crippen molar-refractivity contribution in [1.29, 1.82) is 0 Å². The number of hydrogen-bond donors (Lipinski definition) is 3. The largest absolute Gasteiger partial charge is 0.481 e. The Balaban J connectivity index is 1.98. The lowest BCUT2D eigenvalue weighted by molar-refractivity contribution is -0.141. The van der Waals surface area contributed by atoms with Gasteiger partial charge in [-0.05, 0) is 24.0 Å². The van der Waals surface area contributed by atoms with Crippen molar-refractivity contribution in [2.24, 2.45) is 11.0 Å². The van der Waals surface area contributed by atoms with Gasteiger partial charge in [-0.25, -0.2) is 10.3 Å². The summed E-state index contributed by atoms with van der Waals surface area (Å²) in [6.07, 6.45) is 12.4. The SMILES string of the molecule is CCCCCCCCCCCCc1ccccc1C(SC1=NNN(C)N1C(=O)O)C(C)C(=O)O. The van der Waals surface area contributed by atoms with E-state index in [1.165, 1.54) is 56.5 Å². The highest BCUT2D eigenvalue weighted by Gasteiger charge is 2.36. The first-order valence-electron chi connectivity index (χ1n) is 12.4. The van der Waals surface area contributed by atoms with E-state index in [1.54, 1.807) is 14.0 Å². The molecule has 1 aromatic rings. The van der Waals surface area contributed by atoms with Crippen LogP contribution in [-0.2, 0) is 11.2 Å². The molecule has 0 bridgehead atoms. The molecule has 9 heteroatoms. The molecule has 0 fully saturated rings. The maximum absolute atomic E-state index is 11.9. The van der Waals surface area contributed by atoms with Gasteiger partial charge in [0.2, 0.25) is 5.17 Å². The van der Waals surface area contributed by atoms with Crippen LogP contribution >= 0.6 is 11.8 Å². The van der Waals surface area contributed by atoms with E-state index in [0.29, 0.717) is 0 Å². The van der Waals surface area contributed by atoms with Gasteiger partial charge in [-0.15, -0.1) is 10.2 Å². The second-order valence-electron chi connectivity index (χ2n) is 8.91. The van der Waals surface area contributed by atoms with Crippen molar-refractivity contribution in [2.45, 2.75) is 89.7 Å². The molecule has 0 spiro atoms. The number of carboxylic acids is 1. The van der Waals surface area contributed by atoms with Gasteiger partial charge in [0.15, 0.2) is 0 Å². The summed E-state index contributed by atoms with van der Waals surface area (Å²) in [6, 6.07) is 7.91. The zero-order valence-corrected chi connectivity index (χ0v) is 21.5. The number of amidine groups is 1. The number of thioether (sulfide) groups is 1. The summed E-state index contributed by atoms with van der Waals surface area (Å²) in [5.41, 5.74) is 4.66. The average molecular weight is 493 g/mol. The number of hydrogen-bond acceptors (Lipinski definition) is 6. The number of hydrazine groups is 2. The number of hydrazone groups is 1. The van der Waals surface area contributed by atoms with E-state index in [2.05, 4.69) is 23.6 Å². The summed E-state index contributed by atoms with van der Waals surface area (Å²) in [5.74, 6) is -1.64. The van der Waals surface area contributed by atoms with E-state index in [4.69, 9.17) is 0 Å². The van der Waals surface area contributed by atoms with E-state index < -0.39 is 23.2 Å². The summed E-state index contributed by atoms with van der Waals surface area (Å²) in [5, 5.41) is 25.4. The first kappa shape index (κ1) is 28.0. The number of benzene rings is 1. The van der Waals surface area contributed by atoms with Crippen LogP contribution in [0.15, 0.2) is 29.4 Å². The predicted molar refractivity (Wildman–Crippen MR) is 137 cm³/mol. The van der Waals surface area contributed by atoms with Crippen LogP contribution in [0.5, 0.6) is 0 Å². The van der Waals surface area contributed by atoms with Gasteiger partial charge >= 0.3 is 12.1 Å². The number of rotatable bonds is 15. The predicted octanol–water partition coefficient (Wildman–Crippen LogP) is 6.26. The van der Waals surface area contributed by atoms with Crippen molar-refractivity contribution in [3.05, 3.63) is 35.4 Å². The molecule has 8 nitrogen and oxygen atoms in total. The van der Waals surface area contributed by atoms with Crippen molar-refractivity contribution in [3.63, 3.8) is 0 Å². The number of nitrogens with one attached hydrogen (secondary N) is 1. The smallest absolute Gasteiger partial charge is 0.430 e. The second kappa shape index (κ2) is 14.9. The molecule has 0 aliphatic carbocycles. The number of amides is 1. The van der Waals surface area contributed by atoms with E-state index >= 15 is 0 Å². The molecule has 1 aliphatic heterocycles. The van der Waals surface area contributed by atoms with Gasteiger partial charge in [0.25, 0.3) is 0 Å². The van der Waals surface area contributed by atoms with Gasteiger partial charge in [-0.1, -0.05) is 108 Å². The average Bonchev–Trinajstić information content (AvgIpc) is 3.18. The topological polar surface area (TPSA) is 105 Å². The number of aliphatic carboxylic acids is 1. The molecule has 1 aromatic carbocycles. The first-order valence-corrected chi connectivity index (χ1v) is 13.3. The van der Waals surface area contributed by atoms with E-state index in [0.717, 1.165) is 47.2 Å². The van der Waals surface area contributed by atoms with Gasteiger partial charge < -0.3 is 10.2 Å². The third kappa shape index (κ3) is 8.51. The molecular formula is C25H40N4O4S. The maximum Gasteiger partial charge on any atom is 0.430 e. The Bertz CT molecular complexity index is 820. The number of nitrogens with zero attached hydrogens (tertiary/aromatic N) is 3. The fourth-order valence-corrected chi connectivity index (χ4v) is 5.44. The van der Waals surface area contributed by atoms with Gasteiger partial charge in [0.1, 0.15) is 0 Å². The van der Waals surface area contributed by atoms with Gasteiger partial charge in [0.05, 0.1) is 11.2 Å². The molecule has 1 amide bonds. The summed E-state index contributed by atoms with van der Waals surface area (Å²) in [4.78, 5) is 23.6. The molecule has 3 N–H and O–H groups in total. The van der Waals surface area contributed by atoms with Crippen LogP contribution < -0.4 is 5.53 Å². The third-order valence-corrected chi connectivity index (χ3v) is 7.58. The van der Waals surface area contributed by atoms with Crippen LogP contribution in [0.4, 0.5) is 4.79 Å². The Morgan fingerprint density at radius 1 is 1.00 bits per heavy atom. The standard InChI is InChI=1S/C25H40N4O4S/c1-4-5-6-7-8-9-10-11-12-13-16-20-17-14-15-18-21(20)22(19(2)23(30)31)34-24-26-27-28(3)29(24)25(32)33/h14-15,17-19,22,27H,4-13,16H2,1-3H3,(H,30,31)(H,32,33). The van der Waals surface area contributed by atoms with E-state index in [1.807, 2.05) is 18.2 Å². The maximum atomic E-state index is 11.9.